The second kappa shape index (κ2) is 9.54. The Morgan fingerprint density at radius 1 is 1.24 bits per heavy atom. The number of benzene rings is 2. The molecule has 10 heteroatoms. The Hall–Kier alpha value is -2.88. The van der Waals surface area contributed by atoms with Crippen LogP contribution in [0, 0.1) is 6.92 Å². The number of carbonyl (C=O) groups excluding carboxylic acids is 1. The first-order valence-electron chi connectivity index (χ1n) is 9.89. The monoisotopic (exact) mass is 546 g/mol. The molecule has 33 heavy (non-hydrogen) atoms. The fourth-order valence-electron chi connectivity index (χ4n) is 3.48. The van der Waals surface area contributed by atoms with Crippen molar-refractivity contribution < 1.29 is 14.3 Å². The van der Waals surface area contributed by atoms with Crippen molar-refractivity contribution in [2.45, 2.75) is 13.5 Å². The number of hydrogen-bond donors (Lipinski definition) is 1. The van der Waals surface area contributed by atoms with Crippen molar-refractivity contribution in [3.05, 3.63) is 74.6 Å². The molecule has 0 radical (unpaired) electrons. The summed E-state index contributed by atoms with van der Waals surface area (Å²) in [7, 11) is 3.39. The highest BCUT2D eigenvalue weighted by atomic mass is 79.9. The van der Waals surface area contributed by atoms with Gasteiger partial charge in [0.2, 0.25) is 0 Å². The van der Waals surface area contributed by atoms with E-state index in [1.807, 2.05) is 31.2 Å². The molecule has 0 spiro atoms. The van der Waals surface area contributed by atoms with E-state index in [2.05, 4.69) is 26.3 Å². The topological polar surface area (TPSA) is 68.6 Å². The minimum atomic E-state index is -0.244. The highest BCUT2D eigenvalue weighted by molar-refractivity contribution is 9.10. The van der Waals surface area contributed by atoms with Crippen LogP contribution in [0.3, 0.4) is 0 Å². The number of halogens is 2. The van der Waals surface area contributed by atoms with Crippen LogP contribution in [-0.2, 0) is 18.4 Å². The molecule has 0 atom stereocenters. The molecule has 0 saturated carbocycles. The number of hydrogen-bond acceptors (Lipinski definition) is 5. The average Bonchev–Trinajstić information content (AvgIpc) is 3.23. The lowest BCUT2D eigenvalue weighted by atomic mass is 10.1. The minimum Gasteiger partial charge on any atom is -0.496 e. The normalized spacial score (nSPS) is 14.7. The summed E-state index contributed by atoms with van der Waals surface area (Å²) in [6.45, 7) is 2.07. The Morgan fingerprint density at radius 3 is 2.67 bits per heavy atom. The van der Waals surface area contributed by atoms with Gasteiger partial charge in [-0.1, -0.05) is 33.6 Å². The van der Waals surface area contributed by atoms with E-state index in [1.54, 1.807) is 43.2 Å². The number of nitrogens with one attached hydrogen (secondary N) is 1. The summed E-state index contributed by atoms with van der Waals surface area (Å²) in [6, 6.07) is 11.0. The Labute approximate surface area is 210 Å². The molecule has 0 bridgehead atoms. The number of anilines is 1. The van der Waals surface area contributed by atoms with Crippen molar-refractivity contribution in [2.24, 2.45) is 7.05 Å². The van der Waals surface area contributed by atoms with Crippen LogP contribution in [0.15, 0.2) is 52.8 Å². The standard InChI is InChI=1S/C23H20BrClN4O3S/c1-13-19(11-28(2)27-13)29-22(30)18(26-23(29)33)9-14-4-6-20(31-3)15(8-14)12-32-21-7-5-16(24)10-17(21)25/h4-11H,12H2,1-3H3,(H,26,33)/b18-9+. The summed E-state index contributed by atoms with van der Waals surface area (Å²) in [5.74, 6) is 0.983. The molecule has 0 unspecified atom stereocenters. The fraction of sp³-hybridized carbons (Fsp3) is 0.174. The van der Waals surface area contributed by atoms with Crippen molar-refractivity contribution in [1.82, 2.24) is 15.1 Å². The van der Waals surface area contributed by atoms with Gasteiger partial charge >= 0.3 is 0 Å². The fourth-order valence-corrected chi connectivity index (χ4v) is 4.50. The summed E-state index contributed by atoms with van der Waals surface area (Å²) < 4.78 is 13.9. The number of amides is 1. The van der Waals surface area contributed by atoms with Crippen LogP contribution < -0.4 is 19.7 Å². The van der Waals surface area contributed by atoms with E-state index >= 15 is 0 Å². The zero-order valence-corrected chi connectivity index (χ0v) is 21.2. The van der Waals surface area contributed by atoms with Gasteiger partial charge in [-0.25, -0.2) is 4.90 Å². The predicted octanol–water partition coefficient (Wildman–Crippen LogP) is 4.99. The summed E-state index contributed by atoms with van der Waals surface area (Å²) in [5, 5.41) is 8.11. The third-order valence-corrected chi connectivity index (χ3v) is 6.07. The van der Waals surface area contributed by atoms with Crippen LogP contribution in [0.1, 0.15) is 16.8 Å². The van der Waals surface area contributed by atoms with Crippen LogP contribution in [-0.4, -0.2) is 27.9 Å². The van der Waals surface area contributed by atoms with Gasteiger partial charge in [-0.05, 0) is 61.1 Å². The van der Waals surface area contributed by atoms with Crippen LogP contribution in [0.5, 0.6) is 11.5 Å². The molecular weight excluding hydrogens is 528 g/mol. The highest BCUT2D eigenvalue weighted by Gasteiger charge is 2.33. The number of carbonyl (C=O) groups is 1. The lowest BCUT2D eigenvalue weighted by Gasteiger charge is -2.13. The summed E-state index contributed by atoms with van der Waals surface area (Å²) in [6.07, 6.45) is 3.51. The van der Waals surface area contributed by atoms with Crippen LogP contribution in [0.2, 0.25) is 5.02 Å². The van der Waals surface area contributed by atoms with Gasteiger partial charge in [0.1, 0.15) is 23.8 Å². The molecule has 1 aromatic heterocycles. The van der Waals surface area contributed by atoms with Crippen molar-refractivity contribution in [3.63, 3.8) is 0 Å². The van der Waals surface area contributed by atoms with Crippen LogP contribution in [0.25, 0.3) is 6.08 Å². The van der Waals surface area contributed by atoms with E-state index in [1.165, 1.54) is 4.90 Å². The number of methoxy groups -OCH3 is 1. The van der Waals surface area contributed by atoms with Gasteiger partial charge in [0.05, 0.1) is 23.5 Å². The predicted molar refractivity (Wildman–Crippen MR) is 136 cm³/mol. The van der Waals surface area contributed by atoms with Crippen molar-refractivity contribution in [3.8, 4) is 11.5 Å². The Morgan fingerprint density at radius 2 is 2.00 bits per heavy atom. The lowest BCUT2D eigenvalue weighted by Crippen LogP contribution is -2.30. The first kappa shape index (κ1) is 23.3. The second-order valence-corrected chi connectivity index (χ2v) is 9.05. The Kier molecular flexibility index (Phi) is 6.73. The molecule has 2 aromatic carbocycles. The Bertz CT molecular complexity index is 1290. The van der Waals surface area contributed by atoms with Gasteiger partial charge in [0.15, 0.2) is 5.11 Å². The summed E-state index contributed by atoms with van der Waals surface area (Å²) in [5.41, 5.74) is 3.33. The van der Waals surface area contributed by atoms with Gasteiger partial charge in [-0.15, -0.1) is 0 Å². The molecule has 1 aliphatic rings. The SMILES string of the molecule is COc1ccc(/C=C2/NC(=S)N(c3cn(C)nc3C)C2=O)cc1COc1ccc(Br)cc1Cl. The molecule has 170 valence electrons. The van der Waals surface area contributed by atoms with Gasteiger partial charge in [0, 0.05) is 23.3 Å². The number of aromatic nitrogens is 2. The number of thiocarbonyl (C=S) groups is 1. The molecule has 3 aromatic rings. The number of aryl methyl sites for hydroxylation is 2. The molecule has 1 N–H and O–H groups in total. The third kappa shape index (κ3) is 4.90. The van der Waals surface area contributed by atoms with Gasteiger partial charge in [-0.3, -0.25) is 9.48 Å². The molecule has 1 aliphatic heterocycles. The Balaban J connectivity index is 1.58. The van der Waals surface area contributed by atoms with E-state index in [4.69, 9.17) is 33.3 Å². The average molecular weight is 548 g/mol. The molecule has 1 saturated heterocycles. The third-order valence-electron chi connectivity index (χ3n) is 5.00. The number of nitrogens with zero attached hydrogens (tertiary/aromatic N) is 3. The first-order chi connectivity index (χ1) is 15.8. The zero-order chi connectivity index (χ0) is 23.7. The van der Waals surface area contributed by atoms with E-state index in [0.29, 0.717) is 38.7 Å². The molecule has 4 rings (SSSR count). The lowest BCUT2D eigenvalue weighted by molar-refractivity contribution is -0.113. The van der Waals surface area contributed by atoms with Crippen molar-refractivity contribution >= 4 is 62.5 Å². The van der Waals surface area contributed by atoms with Gasteiger partial charge in [0.25, 0.3) is 5.91 Å². The molecule has 1 fully saturated rings. The maximum absolute atomic E-state index is 13.1. The zero-order valence-electron chi connectivity index (χ0n) is 18.1. The second-order valence-electron chi connectivity index (χ2n) is 7.34. The van der Waals surface area contributed by atoms with E-state index in [-0.39, 0.29) is 12.5 Å². The molecule has 2 heterocycles. The van der Waals surface area contributed by atoms with Gasteiger partial charge < -0.3 is 14.8 Å². The highest BCUT2D eigenvalue weighted by Crippen LogP contribution is 2.30. The minimum absolute atomic E-state index is 0.238. The van der Waals surface area contributed by atoms with E-state index in [9.17, 15) is 4.79 Å². The summed E-state index contributed by atoms with van der Waals surface area (Å²) in [4.78, 5) is 14.5. The largest absolute Gasteiger partial charge is 0.496 e. The maximum atomic E-state index is 13.1. The molecule has 1 amide bonds. The van der Waals surface area contributed by atoms with Crippen LogP contribution >= 0.6 is 39.7 Å². The molecule has 0 aliphatic carbocycles. The van der Waals surface area contributed by atoms with Gasteiger partial charge in [-0.2, -0.15) is 5.10 Å². The number of ether oxygens (including phenoxy) is 2. The summed E-state index contributed by atoms with van der Waals surface area (Å²) >= 11 is 15.0. The van der Waals surface area contributed by atoms with E-state index < -0.39 is 0 Å². The number of rotatable bonds is 6. The van der Waals surface area contributed by atoms with Crippen molar-refractivity contribution in [2.75, 3.05) is 12.0 Å². The quantitative estimate of drug-likeness (QED) is 0.346. The maximum Gasteiger partial charge on any atom is 0.281 e. The molecular formula is C23H20BrClN4O3S. The molecule has 7 nitrogen and oxygen atoms in total. The smallest absolute Gasteiger partial charge is 0.281 e. The first-order valence-corrected chi connectivity index (χ1v) is 11.5. The van der Waals surface area contributed by atoms with E-state index in [0.717, 1.165) is 15.6 Å². The van der Waals surface area contributed by atoms with Crippen molar-refractivity contribution in [1.29, 1.82) is 0 Å². The van der Waals surface area contributed by atoms with Crippen LogP contribution in [0.4, 0.5) is 5.69 Å².